The van der Waals surface area contributed by atoms with Crippen molar-refractivity contribution in [1.29, 1.82) is 0 Å². The maximum absolute atomic E-state index is 12.2. The molecule has 100 valence electrons. The molecule has 1 aliphatic rings. The number of hydrogen-bond acceptors (Lipinski definition) is 2. The first-order chi connectivity index (χ1) is 8.06. The Morgan fingerprint density at radius 1 is 1.35 bits per heavy atom. The smallest absolute Gasteiger partial charge is 0.239 e. The second kappa shape index (κ2) is 7.00. The fourth-order valence-electron chi connectivity index (χ4n) is 2.58. The lowest BCUT2D eigenvalue weighted by Crippen LogP contribution is -2.46. The molecule has 0 bridgehead atoms. The molecule has 1 fully saturated rings. The number of carbonyl (C=O) groups is 1. The topological polar surface area (TPSA) is 46.3 Å². The molecule has 0 spiro atoms. The van der Waals surface area contributed by atoms with Crippen LogP contribution in [-0.4, -0.2) is 29.9 Å². The first-order valence-corrected chi connectivity index (χ1v) is 7.10. The number of likely N-dealkylation sites (tertiary alicyclic amines) is 1. The van der Waals surface area contributed by atoms with Crippen LogP contribution in [0.2, 0.25) is 0 Å². The number of rotatable bonds is 4. The Hall–Kier alpha value is -0.570. The molecule has 1 aliphatic heterocycles. The van der Waals surface area contributed by atoms with Crippen LogP contribution in [0.3, 0.4) is 0 Å². The zero-order chi connectivity index (χ0) is 12.8. The highest BCUT2D eigenvalue weighted by molar-refractivity contribution is 5.81. The highest BCUT2D eigenvalue weighted by Gasteiger charge is 2.25. The number of hydrogen-bond donors (Lipinski definition) is 1. The summed E-state index contributed by atoms with van der Waals surface area (Å²) in [5, 5.41) is 0. The fraction of sp³-hybridized carbons (Fsp3) is 0.929. The summed E-state index contributed by atoms with van der Waals surface area (Å²) < 4.78 is 0. The standard InChI is InChI=1S/C14H28N2O/c1-4-6-12-7-5-9-16(10-8-12)14(17)13(15)11(2)3/h11-13H,4-10,15H2,1-3H3. The first-order valence-electron chi connectivity index (χ1n) is 7.10. The molecule has 1 heterocycles. The van der Waals surface area contributed by atoms with Gasteiger partial charge in [0.2, 0.25) is 5.91 Å². The van der Waals surface area contributed by atoms with Crippen molar-refractivity contribution in [2.75, 3.05) is 13.1 Å². The van der Waals surface area contributed by atoms with Gasteiger partial charge in [0.1, 0.15) is 0 Å². The second-order valence-electron chi connectivity index (χ2n) is 5.68. The molecule has 1 saturated heterocycles. The van der Waals surface area contributed by atoms with Gasteiger partial charge >= 0.3 is 0 Å². The molecule has 2 atom stereocenters. The normalized spacial score (nSPS) is 23.6. The lowest BCUT2D eigenvalue weighted by atomic mass is 9.96. The molecule has 3 nitrogen and oxygen atoms in total. The maximum atomic E-state index is 12.2. The Morgan fingerprint density at radius 3 is 2.65 bits per heavy atom. The summed E-state index contributed by atoms with van der Waals surface area (Å²) >= 11 is 0. The van der Waals surface area contributed by atoms with Gasteiger partial charge < -0.3 is 10.6 Å². The van der Waals surface area contributed by atoms with Crippen LogP contribution in [0.25, 0.3) is 0 Å². The first kappa shape index (κ1) is 14.5. The van der Waals surface area contributed by atoms with Crippen LogP contribution in [0.1, 0.15) is 52.9 Å². The summed E-state index contributed by atoms with van der Waals surface area (Å²) in [6.45, 7) is 8.08. The van der Waals surface area contributed by atoms with Crippen molar-refractivity contribution in [3.05, 3.63) is 0 Å². The van der Waals surface area contributed by atoms with E-state index < -0.39 is 0 Å². The Balaban J connectivity index is 2.48. The fourth-order valence-corrected chi connectivity index (χ4v) is 2.58. The van der Waals surface area contributed by atoms with Gasteiger partial charge in [-0.1, -0.05) is 33.6 Å². The molecule has 0 aromatic rings. The third kappa shape index (κ3) is 4.30. The molecule has 0 aliphatic carbocycles. The van der Waals surface area contributed by atoms with Gasteiger partial charge in [-0.25, -0.2) is 0 Å². The van der Waals surface area contributed by atoms with Crippen molar-refractivity contribution < 1.29 is 4.79 Å². The molecule has 0 radical (unpaired) electrons. The van der Waals surface area contributed by atoms with Crippen LogP contribution in [0.15, 0.2) is 0 Å². The van der Waals surface area contributed by atoms with Crippen LogP contribution in [0.4, 0.5) is 0 Å². The minimum absolute atomic E-state index is 0.150. The summed E-state index contributed by atoms with van der Waals surface area (Å²) in [5.74, 6) is 1.20. The molecule has 2 N–H and O–H groups in total. The average molecular weight is 240 g/mol. The molecule has 1 amide bonds. The maximum Gasteiger partial charge on any atom is 0.239 e. The monoisotopic (exact) mass is 240 g/mol. The van der Waals surface area contributed by atoms with E-state index in [1.165, 1.54) is 19.3 Å². The summed E-state index contributed by atoms with van der Waals surface area (Å²) in [4.78, 5) is 14.1. The predicted molar refractivity (Wildman–Crippen MR) is 71.6 cm³/mol. The largest absolute Gasteiger partial charge is 0.341 e. The predicted octanol–water partition coefficient (Wildman–Crippen LogP) is 2.40. The van der Waals surface area contributed by atoms with E-state index in [0.29, 0.717) is 0 Å². The van der Waals surface area contributed by atoms with Gasteiger partial charge in [-0.2, -0.15) is 0 Å². The molecule has 17 heavy (non-hydrogen) atoms. The Labute approximate surface area is 106 Å². The zero-order valence-corrected chi connectivity index (χ0v) is 11.6. The highest BCUT2D eigenvalue weighted by atomic mass is 16.2. The van der Waals surface area contributed by atoms with Gasteiger partial charge in [-0.3, -0.25) is 4.79 Å². The molecule has 3 heteroatoms. The van der Waals surface area contributed by atoms with Crippen LogP contribution in [0.5, 0.6) is 0 Å². The van der Waals surface area contributed by atoms with Gasteiger partial charge in [0.15, 0.2) is 0 Å². The van der Waals surface area contributed by atoms with Crippen molar-refractivity contribution in [2.24, 2.45) is 17.6 Å². The molecule has 0 aromatic heterocycles. The second-order valence-corrected chi connectivity index (χ2v) is 5.68. The van der Waals surface area contributed by atoms with E-state index in [-0.39, 0.29) is 17.9 Å². The average Bonchev–Trinajstić information content (AvgIpc) is 2.53. The Kier molecular flexibility index (Phi) is 5.96. The van der Waals surface area contributed by atoms with Gasteiger partial charge in [0, 0.05) is 13.1 Å². The number of nitrogens with zero attached hydrogens (tertiary/aromatic N) is 1. The van der Waals surface area contributed by atoms with E-state index in [0.717, 1.165) is 31.8 Å². The molecule has 2 unspecified atom stereocenters. The minimum atomic E-state index is -0.322. The number of carbonyl (C=O) groups excluding carboxylic acids is 1. The minimum Gasteiger partial charge on any atom is -0.341 e. The Morgan fingerprint density at radius 2 is 2.06 bits per heavy atom. The van der Waals surface area contributed by atoms with Crippen molar-refractivity contribution in [1.82, 2.24) is 4.90 Å². The number of amides is 1. The van der Waals surface area contributed by atoms with E-state index >= 15 is 0 Å². The molecular weight excluding hydrogens is 212 g/mol. The van der Waals surface area contributed by atoms with Crippen molar-refractivity contribution in [2.45, 2.75) is 58.9 Å². The van der Waals surface area contributed by atoms with Gasteiger partial charge in [-0.15, -0.1) is 0 Å². The van der Waals surface area contributed by atoms with Gasteiger partial charge in [-0.05, 0) is 31.1 Å². The van der Waals surface area contributed by atoms with Crippen molar-refractivity contribution in [3.8, 4) is 0 Å². The lowest BCUT2D eigenvalue weighted by Gasteiger charge is -2.26. The van der Waals surface area contributed by atoms with Gasteiger partial charge in [0.25, 0.3) is 0 Å². The molecular formula is C14H28N2O. The van der Waals surface area contributed by atoms with E-state index in [2.05, 4.69) is 6.92 Å². The van der Waals surface area contributed by atoms with Crippen molar-refractivity contribution in [3.63, 3.8) is 0 Å². The third-order valence-electron chi connectivity index (χ3n) is 3.86. The van der Waals surface area contributed by atoms with E-state index in [4.69, 9.17) is 5.73 Å². The van der Waals surface area contributed by atoms with E-state index in [1.807, 2.05) is 18.7 Å². The molecule has 0 aromatic carbocycles. The summed E-state index contributed by atoms with van der Waals surface area (Å²) in [6.07, 6.45) is 6.13. The molecule has 1 rings (SSSR count). The lowest BCUT2D eigenvalue weighted by molar-refractivity contribution is -0.133. The summed E-state index contributed by atoms with van der Waals surface area (Å²) in [5.41, 5.74) is 5.94. The van der Waals surface area contributed by atoms with E-state index in [9.17, 15) is 4.79 Å². The summed E-state index contributed by atoms with van der Waals surface area (Å²) in [6, 6.07) is -0.322. The van der Waals surface area contributed by atoms with Crippen LogP contribution in [-0.2, 0) is 4.79 Å². The summed E-state index contributed by atoms with van der Waals surface area (Å²) in [7, 11) is 0. The van der Waals surface area contributed by atoms with Gasteiger partial charge in [0.05, 0.1) is 6.04 Å². The van der Waals surface area contributed by atoms with E-state index in [1.54, 1.807) is 0 Å². The third-order valence-corrected chi connectivity index (χ3v) is 3.86. The zero-order valence-electron chi connectivity index (χ0n) is 11.6. The van der Waals surface area contributed by atoms with Crippen molar-refractivity contribution >= 4 is 5.91 Å². The van der Waals surface area contributed by atoms with Crippen LogP contribution < -0.4 is 5.73 Å². The SMILES string of the molecule is CCCC1CCCN(C(=O)C(N)C(C)C)CC1. The quantitative estimate of drug-likeness (QED) is 0.820. The van der Waals surface area contributed by atoms with Crippen LogP contribution >= 0.6 is 0 Å². The number of nitrogens with two attached hydrogens (primary N) is 1. The molecule has 0 saturated carbocycles. The Bertz CT molecular complexity index is 240. The highest BCUT2D eigenvalue weighted by Crippen LogP contribution is 2.22. The van der Waals surface area contributed by atoms with Crippen LogP contribution in [0, 0.1) is 11.8 Å².